The number of rotatable bonds is 3. The summed E-state index contributed by atoms with van der Waals surface area (Å²) in [6, 6.07) is 3.55. The van der Waals surface area contributed by atoms with Gasteiger partial charge in [-0.05, 0) is 12.5 Å². The van der Waals surface area contributed by atoms with Crippen LogP contribution in [0.4, 0.5) is 0 Å². The van der Waals surface area contributed by atoms with Crippen LogP contribution in [0.3, 0.4) is 0 Å². The highest BCUT2D eigenvalue weighted by atomic mass is 16.5. The van der Waals surface area contributed by atoms with Crippen LogP contribution in [0.5, 0.6) is 5.88 Å². The molecule has 5 nitrogen and oxygen atoms in total. The van der Waals surface area contributed by atoms with Gasteiger partial charge in [0.1, 0.15) is 6.07 Å². The highest BCUT2D eigenvalue weighted by molar-refractivity contribution is 5.78. The van der Waals surface area contributed by atoms with Gasteiger partial charge in [0.25, 0.3) is 0 Å². The van der Waals surface area contributed by atoms with Gasteiger partial charge in [-0.1, -0.05) is 0 Å². The van der Waals surface area contributed by atoms with Gasteiger partial charge in [-0.2, -0.15) is 5.26 Å². The Hall–Kier alpha value is -2.09. The van der Waals surface area contributed by atoms with E-state index in [-0.39, 0.29) is 0 Å². The van der Waals surface area contributed by atoms with Gasteiger partial charge >= 0.3 is 5.97 Å². The number of pyridine rings is 1. The summed E-state index contributed by atoms with van der Waals surface area (Å²) >= 11 is 0. The third kappa shape index (κ3) is 2.28. The summed E-state index contributed by atoms with van der Waals surface area (Å²) in [5.41, 5.74) is 0.903. The smallest absolute Gasteiger partial charge is 0.312 e. The molecule has 5 heteroatoms. The van der Waals surface area contributed by atoms with Crippen molar-refractivity contribution >= 4 is 5.97 Å². The van der Waals surface area contributed by atoms with Crippen molar-refractivity contribution in [2.75, 3.05) is 14.2 Å². The van der Waals surface area contributed by atoms with Crippen LogP contribution in [0.25, 0.3) is 0 Å². The van der Waals surface area contributed by atoms with Gasteiger partial charge in [-0.3, -0.25) is 4.79 Å². The molecule has 1 aromatic rings. The zero-order valence-corrected chi connectivity index (χ0v) is 9.35. The van der Waals surface area contributed by atoms with Crippen LogP contribution in [-0.4, -0.2) is 25.2 Å². The molecule has 0 spiro atoms. The molecule has 0 saturated carbocycles. The minimum absolute atomic E-state index is 0.346. The molecule has 0 radical (unpaired) electrons. The molecule has 1 rings (SSSR count). The molecule has 0 amide bonds. The van der Waals surface area contributed by atoms with Crippen LogP contribution >= 0.6 is 0 Å². The van der Waals surface area contributed by atoms with Crippen molar-refractivity contribution in [2.24, 2.45) is 0 Å². The van der Waals surface area contributed by atoms with E-state index in [1.165, 1.54) is 20.4 Å². The first-order valence-electron chi connectivity index (χ1n) is 4.66. The van der Waals surface area contributed by atoms with Crippen molar-refractivity contribution in [3.63, 3.8) is 0 Å². The number of nitriles is 1. The van der Waals surface area contributed by atoms with Crippen LogP contribution in [0.2, 0.25) is 0 Å². The predicted octanol–water partition coefficient (Wildman–Crippen LogP) is 1.24. The Kier molecular flexibility index (Phi) is 3.84. The lowest BCUT2D eigenvalue weighted by Crippen LogP contribution is -2.12. The van der Waals surface area contributed by atoms with Crippen molar-refractivity contribution in [1.29, 1.82) is 5.26 Å². The first kappa shape index (κ1) is 12.0. The summed E-state index contributed by atoms with van der Waals surface area (Å²) in [7, 11) is 2.78. The van der Waals surface area contributed by atoms with Crippen LogP contribution in [0, 0.1) is 11.3 Å². The van der Waals surface area contributed by atoms with E-state index in [1.807, 2.05) is 6.07 Å². The lowest BCUT2D eigenvalue weighted by molar-refractivity contribution is -0.142. The fourth-order valence-corrected chi connectivity index (χ4v) is 1.32. The number of hydrogen-bond acceptors (Lipinski definition) is 5. The van der Waals surface area contributed by atoms with E-state index in [4.69, 9.17) is 10.00 Å². The number of hydrogen-bond donors (Lipinski definition) is 0. The SMILES string of the molecule is COC(=O)C(C)c1cc(OC)ncc1C#N. The second-order valence-corrected chi connectivity index (χ2v) is 3.17. The second-order valence-electron chi connectivity index (χ2n) is 3.17. The largest absolute Gasteiger partial charge is 0.481 e. The van der Waals surface area contributed by atoms with Crippen LogP contribution < -0.4 is 4.74 Å². The quantitative estimate of drug-likeness (QED) is 0.716. The summed E-state index contributed by atoms with van der Waals surface area (Å²) in [6.07, 6.45) is 1.38. The average Bonchev–Trinajstić information content (AvgIpc) is 2.35. The Balaban J connectivity index is 3.19. The van der Waals surface area contributed by atoms with Gasteiger partial charge in [0.15, 0.2) is 0 Å². The monoisotopic (exact) mass is 220 g/mol. The molecule has 1 heterocycles. The van der Waals surface area contributed by atoms with Crippen molar-refractivity contribution < 1.29 is 14.3 Å². The Morgan fingerprint density at radius 1 is 1.56 bits per heavy atom. The first-order valence-corrected chi connectivity index (χ1v) is 4.66. The normalized spacial score (nSPS) is 11.4. The molecule has 0 aromatic carbocycles. The number of esters is 1. The summed E-state index contributed by atoms with van der Waals surface area (Å²) in [6.45, 7) is 1.67. The highest BCUT2D eigenvalue weighted by Gasteiger charge is 2.20. The molecule has 0 aliphatic carbocycles. The van der Waals surface area contributed by atoms with Crippen molar-refractivity contribution in [2.45, 2.75) is 12.8 Å². The standard InChI is InChI=1S/C11H12N2O3/c1-7(11(14)16-3)9-4-10(15-2)13-6-8(9)5-12/h4,6-7H,1-3H3. The second kappa shape index (κ2) is 5.12. The minimum atomic E-state index is -0.517. The van der Waals surface area contributed by atoms with E-state index in [0.717, 1.165) is 0 Å². The molecule has 1 atom stereocenters. The summed E-state index contributed by atoms with van der Waals surface area (Å²) in [4.78, 5) is 15.3. The zero-order valence-electron chi connectivity index (χ0n) is 9.35. The zero-order chi connectivity index (χ0) is 12.1. The molecule has 0 aliphatic rings. The number of methoxy groups -OCH3 is 2. The summed E-state index contributed by atoms with van der Waals surface area (Å²) in [5, 5.41) is 8.90. The number of ether oxygens (including phenoxy) is 2. The topological polar surface area (TPSA) is 72.2 Å². The van der Waals surface area contributed by atoms with Gasteiger partial charge in [-0.15, -0.1) is 0 Å². The van der Waals surface area contributed by atoms with Gasteiger partial charge in [0.05, 0.1) is 25.7 Å². The first-order chi connectivity index (χ1) is 7.63. The van der Waals surface area contributed by atoms with E-state index in [9.17, 15) is 4.79 Å². The lowest BCUT2D eigenvalue weighted by atomic mass is 9.98. The van der Waals surface area contributed by atoms with Gasteiger partial charge < -0.3 is 9.47 Å². The maximum atomic E-state index is 11.4. The minimum Gasteiger partial charge on any atom is -0.481 e. The summed E-state index contributed by atoms with van der Waals surface area (Å²) in [5.74, 6) is -0.550. The lowest BCUT2D eigenvalue weighted by Gasteiger charge is -2.11. The molecule has 84 valence electrons. The Bertz CT molecular complexity index is 437. The maximum absolute atomic E-state index is 11.4. The van der Waals surface area contributed by atoms with E-state index in [1.54, 1.807) is 13.0 Å². The molecule has 0 fully saturated rings. The van der Waals surface area contributed by atoms with Crippen molar-refractivity contribution in [1.82, 2.24) is 4.98 Å². The maximum Gasteiger partial charge on any atom is 0.312 e. The van der Waals surface area contributed by atoms with Crippen LogP contribution in [-0.2, 0) is 9.53 Å². The fraction of sp³-hybridized carbons (Fsp3) is 0.364. The van der Waals surface area contributed by atoms with E-state index >= 15 is 0 Å². The molecule has 0 saturated heterocycles. The van der Waals surface area contributed by atoms with Crippen LogP contribution in [0.15, 0.2) is 12.3 Å². The van der Waals surface area contributed by atoms with Crippen molar-refractivity contribution in [3.05, 3.63) is 23.4 Å². The third-order valence-electron chi connectivity index (χ3n) is 2.26. The number of carbonyl (C=O) groups is 1. The van der Waals surface area contributed by atoms with Crippen molar-refractivity contribution in [3.8, 4) is 11.9 Å². The van der Waals surface area contributed by atoms with E-state index in [0.29, 0.717) is 17.0 Å². The van der Waals surface area contributed by atoms with Gasteiger partial charge in [0, 0.05) is 12.3 Å². The molecule has 0 aliphatic heterocycles. The molecule has 1 aromatic heterocycles. The number of carbonyl (C=O) groups excluding carboxylic acids is 1. The van der Waals surface area contributed by atoms with Gasteiger partial charge in [0.2, 0.25) is 5.88 Å². The number of aromatic nitrogens is 1. The van der Waals surface area contributed by atoms with E-state index in [2.05, 4.69) is 9.72 Å². The third-order valence-corrected chi connectivity index (χ3v) is 2.26. The van der Waals surface area contributed by atoms with E-state index < -0.39 is 11.9 Å². The fourth-order valence-electron chi connectivity index (χ4n) is 1.32. The Morgan fingerprint density at radius 2 is 2.25 bits per heavy atom. The molecular formula is C11H12N2O3. The molecule has 0 bridgehead atoms. The Morgan fingerprint density at radius 3 is 2.75 bits per heavy atom. The molecule has 0 N–H and O–H groups in total. The highest BCUT2D eigenvalue weighted by Crippen LogP contribution is 2.23. The van der Waals surface area contributed by atoms with Crippen LogP contribution in [0.1, 0.15) is 24.0 Å². The number of nitrogens with zero attached hydrogens (tertiary/aromatic N) is 2. The average molecular weight is 220 g/mol. The Labute approximate surface area is 93.6 Å². The molecule has 1 unspecified atom stereocenters. The summed E-state index contributed by atoms with van der Waals surface area (Å²) < 4.78 is 9.58. The molecule has 16 heavy (non-hydrogen) atoms. The van der Waals surface area contributed by atoms with Gasteiger partial charge in [-0.25, -0.2) is 4.98 Å². The molecular weight excluding hydrogens is 208 g/mol. The predicted molar refractivity (Wildman–Crippen MR) is 55.9 cm³/mol.